The highest BCUT2D eigenvalue weighted by atomic mass is 16.3. The van der Waals surface area contributed by atoms with Gasteiger partial charge in [0.15, 0.2) is 0 Å². The van der Waals surface area contributed by atoms with Gasteiger partial charge in [-0.05, 0) is 37.0 Å². The van der Waals surface area contributed by atoms with Crippen molar-refractivity contribution in [3.8, 4) is 5.88 Å². The molecule has 3 aromatic rings. The minimum atomic E-state index is 0.0150. The van der Waals surface area contributed by atoms with E-state index in [0.717, 1.165) is 55.1 Å². The molecule has 1 saturated heterocycles. The summed E-state index contributed by atoms with van der Waals surface area (Å²) < 4.78 is 0. The zero-order valence-corrected chi connectivity index (χ0v) is 18.4. The highest BCUT2D eigenvalue weighted by Crippen LogP contribution is 2.36. The van der Waals surface area contributed by atoms with E-state index in [-0.39, 0.29) is 23.9 Å². The van der Waals surface area contributed by atoms with Gasteiger partial charge in [-0.1, -0.05) is 67.8 Å². The van der Waals surface area contributed by atoms with Crippen LogP contribution in [-0.2, 0) is 11.3 Å². The van der Waals surface area contributed by atoms with Gasteiger partial charge in [0.05, 0.1) is 11.6 Å². The van der Waals surface area contributed by atoms with E-state index in [2.05, 4.69) is 27.3 Å². The summed E-state index contributed by atoms with van der Waals surface area (Å²) in [6.07, 6.45) is 6.52. The molecule has 5 rings (SSSR count). The largest absolute Gasteiger partial charge is 0.493 e. The number of carbonyl (C=O) groups is 1. The van der Waals surface area contributed by atoms with Crippen molar-refractivity contribution in [2.75, 3.05) is 6.54 Å². The van der Waals surface area contributed by atoms with Crippen LogP contribution in [0.3, 0.4) is 0 Å². The average Bonchev–Trinajstić information content (AvgIpc) is 3.27. The van der Waals surface area contributed by atoms with Crippen molar-refractivity contribution in [1.82, 2.24) is 15.2 Å². The summed E-state index contributed by atoms with van der Waals surface area (Å²) in [5.74, 6) is 0.557. The number of nitrogens with zero attached hydrogens (tertiary/aromatic N) is 2. The highest BCUT2D eigenvalue weighted by Gasteiger charge is 2.40. The standard InChI is InChI=1S/C27H31N3O2/c31-26-22(17-21-13-7-8-14-23(21)29-26)18-28-24-15-16-30(25(24)19-9-3-1-4-10-19)27(32)20-11-5-2-6-12-20/h1,3-4,7-10,13-14,17,20,24-25,28H,2,5-6,11-12,15-16,18H2,(H,29,31). The fraction of sp³-hybridized carbons (Fsp3) is 0.407. The van der Waals surface area contributed by atoms with Gasteiger partial charge in [-0.25, -0.2) is 4.98 Å². The molecule has 2 heterocycles. The Balaban J connectivity index is 1.37. The highest BCUT2D eigenvalue weighted by molar-refractivity contribution is 5.80. The molecule has 1 aromatic heterocycles. The molecule has 5 heteroatoms. The number of aromatic hydroxyl groups is 1. The molecule has 2 atom stereocenters. The maximum Gasteiger partial charge on any atom is 0.226 e. The van der Waals surface area contributed by atoms with E-state index >= 15 is 0 Å². The minimum Gasteiger partial charge on any atom is -0.493 e. The van der Waals surface area contributed by atoms with Gasteiger partial charge in [-0.3, -0.25) is 4.79 Å². The summed E-state index contributed by atoms with van der Waals surface area (Å²) in [7, 11) is 0. The number of benzene rings is 2. The number of rotatable bonds is 5. The summed E-state index contributed by atoms with van der Waals surface area (Å²) in [6.45, 7) is 1.29. The summed E-state index contributed by atoms with van der Waals surface area (Å²) in [4.78, 5) is 19.9. The molecule has 1 aliphatic carbocycles. The number of hydrogen-bond acceptors (Lipinski definition) is 4. The van der Waals surface area contributed by atoms with Crippen molar-refractivity contribution >= 4 is 16.8 Å². The van der Waals surface area contributed by atoms with Crippen LogP contribution in [0.25, 0.3) is 10.9 Å². The van der Waals surface area contributed by atoms with Crippen molar-refractivity contribution in [3.63, 3.8) is 0 Å². The number of fused-ring (bicyclic) bond motifs is 1. The van der Waals surface area contributed by atoms with Gasteiger partial charge in [0.2, 0.25) is 11.8 Å². The fourth-order valence-corrected chi connectivity index (χ4v) is 5.42. The van der Waals surface area contributed by atoms with Gasteiger partial charge >= 0.3 is 0 Å². The molecule has 1 saturated carbocycles. The van der Waals surface area contributed by atoms with E-state index < -0.39 is 0 Å². The smallest absolute Gasteiger partial charge is 0.226 e. The van der Waals surface area contributed by atoms with E-state index in [1.807, 2.05) is 48.5 Å². The zero-order chi connectivity index (χ0) is 21.9. The monoisotopic (exact) mass is 429 g/mol. The number of carbonyl (C=O) groups excluding carboxylic acids is 1. The molecule has 0 radical (unpaired) electrons. The molecule has 1 aliphatic heterocycles. The van der Waals surface area contributed by atoms with Gasteiger partial charge in [0.1, 0.15) is 0 Å². The van der Waals surface area contributed by atoms with E-state index in [1.54, 1.807) is 0 Å². The predicted molar refractivity (Wildman–Crippen MR) is 126 cm³/mol. The molecule has 2 aliphatic rings. The number of likely N-dealkylation sites (tertiary alicyclic amines) is 1. The molecule has 1 amide bonds. The average molecular weight is 430 g/mol. The molecule has 5 nitrogen and oxygen atoms in total. The molecular weight excluding hydrogens is 398 g/mol. The maximum atomic E-state index is 13.5. The van der Waals surface area contributed by atoms with Crippen LogP contribution in [0.5, 0.6) is 5.88 Å². The third-order valence-electron chi connectivity index (χ3n) is 7.11. The Bertz CT molecular complexity index is 1080. The number of amides is 1. The van der Waals surface area contributed by atoms with Gasteiger partial charge in [-0.15, -0.1) is 0 Å². The number of pyridine rings is 1. The Morgan fingerprint density at radius 3 is 2.56 bits per heavy atom. The second kappa shape index (κ2) is 9.29. The zero-order valence-electron chi connectivity index (χ0n) is 18.4. The van der Waals surface area contributed by atoms with Gasteiger partial charge in [0.25, 0.3) is 0 Å². The lowest BCUT2D eigenvalue weighted by Gasteiger charge is -2.33. The normalized spacial score (nSPS) is 21.8. The van der Waals surface area contributed by atoms with Gasteiger partial charge in [0, 0.05) is 36.0 Å². The van der Waals surface area contributed by atoms with E-state index in [1.165, 1.54) is 12.0 Å². The summed E-state index contributed by atoms with van der Waals surface area (Å²) >= 11 is 0. The Kier molecular flexibility index (Phi) is 6.08. The maximum absolute atomic E-state index is 13.5. The first-order valence-corrected chi connectivity index (χ1v) is 11.9. The van der Waals surface area contributed by atoms with Crippen LogP contribution in [0.4, 0.5) is 0 Å². The number of para-hydroxylation sites is 1. The molecule has 166 valence electrons. The van der Waals surface area contributed by atoms with Gasteiger partial charge < -0.3 is 15.3 Å². The van der Waals surface area contributed by atoms with Crippen LogP contribution in [-0.4, -0.2) is 33.5 Å². The Labute approximate surface area is 189 Å². The lowest BCUT2D eigenvalue weighted by atomic mass is 9.87. The lowest BCUT2D eigenvalue weighted by Crippen LogP contribution is -2.41. The minimum absolute atomic E-state index is 0.0150. The van der Waals surface area contributed by atoms with E-state index in [0.29, 0.717) is 12.5 Å². The van der Waals surface area contributed by atoms with Crippen LogP contribution < -0.4 is 5.32 Å². The fourth-order valence-electron chi connectivity index (χ4n) is 5.42. The quantitative estimate of drug-likeness (QED) is 0.602. The summed E-state index contributed by atoms with van der Waals surface area (Å²) in [6, 6.07) is 20.3. The van der Waals surface area contributed by atoms with Crippen molar-refractivity contribution < 1.29 is 9.90 Å². The summed E-state index contributed by atoms with van der Waals surface area (Å²) in [5, 5.41) is 15.1. The third-order valence-corrected chi connectivity index (χ3v) is 7.11. The lowest BCUT2D eigenvalue weighted by molar-refractivity contribution is -0.137. The summed E-state index contributed by atoms with van der Waals surface area (Å²) in [5.41, 5.74) is 2.75. The second-order valence-corrected chi connectivity index (χ2v) is 9.16. The molecule has 0 bridgehead atoms. The van der Waals surface area contributed by atoms with Crippen molar-refractivity contribution in [2.24, 2.45) is 5.92 Å². The SMILES string of the molecule is O=C(C1CCCCC1)N1CCC(NCc2cc3ccccc3nc2O)C1c1ccccc1. The van der Waals surface area contributed by atoms with Crippen LogP contribution in [0.15, 0.2) is 60.7 Å². The second-order valence-electron chi connectivity index (χ2n) is 9.16. The van der Waals surface area contributed by atoms with Crippen LogP contribution in [0.1, 0.15) is 55.7 Å². The number of nitrogens with one attached hydrogen (secondary N) is 1. The molecule has 2 fully saturated rings. The first kappa shape index (κ1) is 21.0. The van der Waals surface area contributed by atoms with Crippen molar-refractivity contribution in [3.05, 3.63) is 71.8 Å². The Hall–Kier alpha value is -2.92. The molecular formula is C27H31N3O2. The Morgan fingerprint density at radius 2 is 1.75 bits per heavy atom. The van der Waals surface area contributed by atoms with Crippen LogP contribution >= 0.6 is 0 Å². The molecule has 2 unspecified atom stereocenters. The predicted octanol–water partition coefficient (Wildman–Crippen LogP) is 4.95. The number of aromatic nitrogens is 1. The van der Waals surface area contributed by atoms with Crippen LogP contribution in [0.2, 0.25) is 0 Å². The molecule has 2 aromatic carbocycles. The van der Waals surface area contributed by atoms with Gasteiger partial charge in [-0.2, -0.15) is 0 Å². The number of hydrogen-bond donors (Lipinski definition) is 2. The molecule has 0 spiro atoms. The topological polar surface area (TPSA) is 65.5 Å². The van der Waals surface area contributed by atoms with E-state index in [9.17, 15) is 9.90 Å². The van der Waals surface area contributed by atoms with E-state index in [4.69, 9.17) is 0 Å². The first-order chi connectivity index (χ1) is 15.7. The van der Waals surface area contributed by atoms with Crippen molar-refractivity contribution in [2.45, 2.75) is 57.2 Å². The molecule has 32 heavy (non-hydrogen) atoms. The third kappa shape index (κ3) is 4.22. The molecule has 2 N–H and O–H groups in total. The van der Waals surface area contributed by atoms with Crippen molar-refractivity contribution in [1.29, 1.82) is 0 Å². The first-order valence-electron chi connectivity index (χ1n) is 11.9. The Morgan fingerprint density at radius 1 is 1.00 bits per heavy atom. The van der Waals surface area contributed by atoms with Crippen LogP contribution in [0, 0.1) is 5.92 Å².